The molecule has 8 heteroatoms. The molecule has 1 aromatic rings. The molecule has 2 fully saturated rings. The van der Waals surface area contributed by atoms with Crippen LogP contribution in [0.25, 0.3) is 0 Å². The average Bonchev–Trinajstić information content (AvgIpc) is 3.32. The molecule has 0 atom stereocenters. The SMILES string of the molecule is Cn1nccc1C(=O)NCCC(=O)NCC1(CN2CCCC2)CCOCC1. The van der Waals surface area contributed by atoms with Gasteiger partial charge in [-0.3, -0.25) is 14.3 Å². The summed E-state index contributed by atoms with van der Waals surface area (Å²) in [5.41, 5.74) is 0.595. The Morgan fingerprint density at radius 1 is 1.22 bits per heavy atom. The van der Waals surface area contributed by atoms with Crippen molar-refractivity contribution >= 4 is 11.8 Å². The number of hydrogen-bond donors (Lipinski definition) is 2. The van der Waals surface area contributed by atoms with Crippen LogP contribution >= 0.6 is 0 Å². The Bertz CT molecular complexity index is 633. The van der Waals surface area contributed by atoms with E-state index >= 15 is 0 Å². The predicted octanol–water partition coefficient (Wildman–Crippen LogP) is 0.549. The van der Waals surface area contributed by atoms with Crippen LogP contribution in [-0.4, -0.2) is 72.4 Å². The number of carbonyl (C=O) groups excluding carboxylic acids is 2. The Morgan fingerprint density at radius 3 is 2.63 bits per heavy atom. The summed E-state index contributed by atoms with van der Waals surface area (Å²) in [5.74, 6) is -0.231. The van der Waals surface area contributed by atoms with Crippen LogP contribution in [0.1, 0.15) is 42.6 Å². The molecule has 8 nitrogen and oxygen atoms in total. The van der Waals surface area contributed by atoms with Gasteiger partial charge in [0.15, 0.2) is 0 Å². The molecule has 3 rings (SSSR count). The van der Waals surface area contributed by atoms with Gasteiger partial charge in [-0.15, -0.1) is 0 Å². The molecule has 150 valence electrons. The van der Waals surface area contributed by atoms with Crippen molar-refractivity contribution in [2.24, 2.45) is 12.5 Å². The maximum absolute atomic E-state index is 12.3. The highest BCUT2D eigenvalue weighted by atomic mass is 16.5. The van der Waals surface area contributed by atoms with E-state index in [0.29, 0.717) is 18.8 Å². The van der Waals surface area contributed by atoms with Gasteiger partial charge in [-0.25, -0.2) is 0 Å². The Hall–Kier alpha value is -1.93. The van der Waals surface area contributed by atoms with E-state index in [1.54, 1.807) is 19.3 Å². The fourth-order valence-electron chi connectivity index (χ4n) is 3.96. The first-order chi connectivity index (χ1) is 13.1. The molecule has 0 saturated carbocycles. The first-order valence-corrected chi connectivity index (χ1v) is 9.91. The second kappa shape index (κ2) is 9.32. The summed E-state index contributed by atoms with van der Waals surface area (Å²) in [6, 6.07) is 1.66. The second-order valence-corrected chi connectivity index (χ2v) is 7.72. The summed E-state index contributed by atoms with van der Waals surface area (Å²) >= 11 is 0. The third-order valence-corrected chi connectivity index (χ3v) is 5.66. The molecule has 2 aliphatic heterocycles. The quantitative estimate of drug-likeness (QED) is 0.691. The van der Waals surface area contributed by atoms with Gasteiger partial charge in [0.2, 0.25) is 5.91 Å². The number of hydrogen-bond acceptors (Lipinski definition) is 5. The number of ether oxygens (including phenoxy) is 1. The highest BCUT2D eigenvalue weighted by Crippen LogP contribution is 2.32. The fourth-order valence-corrected chi connectivity index (χ4v) is 3.96. The van der Waals surface area contributed by atoms with Crippen molar-refractivity contribution in [1.29, 1.82) is 0 Å². The van der Waals surface area contributed by atoms with Gasteiger partial charge in [0.05, 0.1) is 0 Å². The molecule has 2 amide bonds. The van der Waals surface area contributed by atoms with Crippen LogP contribution in [0.2, 0.25) is 0 Å². The predicted molar refractivity (Wildman–Crippen MR) is 101 cm³/mol. The number of likely N-dealkylation sites (tertiary alicyclic amines) is 1. The molecule has 0 aromatic carbocycles. The molecule has 2 saturated heterocycles. The molecule has 0 aliphatic carbocycles. The lowest BCUT2D eigenvalue weighted by Crippen LogP contribution is -2.48. The molecule has 3 heterocycles. The molecule has 0 radical (unpaired) electrons. The number of rotatable bonds is 8. The fraction of sp³-hybridized carbons (Fsp3) is 0.737. The van der Waals surface area contributed by atoms with Crippen LogP contribution < -0.4 is 10.6 Å². The summed E-state index contributed by atoms with van der Waals surface area (Å²) < 4.78 is 7.06. The van der Waals surface area contributed by atoms with Gasteiger partial charge >= 0.3 is 0 Å². The number of aryl methyl sites for hydroxylation is 1. The molecular weight excluding hydrogens is 346 g/mol. The number of nitrogens with one attached hydrogen (secondary N) is 2. The van der Waals surface area contributed by atoms with Crippen molar-refractivity contribution in [2.75, 3.05) is 45.9 Å². The van der Waals surface area contributed by atoms with Crippen molar-refractivity contribution in [2.45, 2.75) is 32.1 Å². The van der Waals surface area contributed by atoms with Crippen molar-refractivity contribution < 1.29 is 14.3 Å². The summed E-state index contributed by atoms with van der Waals surface area (Å²) in [5, 5.41) is 9.85. The lowest BCUT2D eigenvalue weighted by atomic mass is 9.79. The van der Waals surface area contributed by atoms with Gasteiger partial charge < -0.3 is 20.3 Å². The van der Waals surface area contributed by atoms with Crippen molar-refractivity contribution in [3.8, 4) is 0 Å². The van der Waals surface area contributed by atoms with E-state index in [-0.39, 0.29) is 23.7 Å². The van der Waals surface area contributed by atoms with Crippen molar-refractivity contribution in [3.63, 3.8) is 0 Å². The monoisotopic (exact) mass is 377 g/mol. The minimum Gasteiger partial charge on any atom is -0.381 e. The van der Waals surface area contributed by atoms with E-state index in [2.05, 4.69) is 20.6 Å². The van der Waals surface area contributed by atoms with Crippen LogP contribution in [0, 0.1) is 5.41 Å². The standard InChI is InChI=1S/C19H31N5O3/c1-23-16(4-9-22-23)18(26)20-8-5-17(25)21-14-19(6-12-27-13-7-19)15-24-10-2-3-11-24/h4,9H,2-3,5-8,10-15H2,1H3,(H,20,26)(H,21,25). The third kappa shape index (κ3) is 5.52. The number of carbonyl (C=O) groups is 2. The van der Waals surface area contributed by atoms with Gasteiger partial charge in [-0.1, -0.05) is 0 Å². The zero-order chi connectivity index (χ0) is 19.1. The molecule has 0 bridgehead atoms. The van der Waals surface area contributed by atoms with Crippen LogP contribution in [0.5, 0.6) is 0 Å². The average molecular weight is 377 g/mol. The molecule has 27 heavy (non-hydrogen) atoms. The third-order valence-electron chi connectivity index (χ3n) is 5.66. The van der Waals surface area contributed by atoms with Gasteiger partial charge in [0.1, 0.15) is 5.69 Å². The molecule has 0 spiro atoms. The summed E-state index contributed by atoms with van der Waals surface area (Å²) in [7, 11) is 1.72. The Morgan fingerprint density at radius 2 is 1.96 bits per heavy atom. The lowest BCUT2D eigenvalue weighted by Gasteiger charge is -2.40. The maximum Gasteiger partial charge on any atom is 0.269 e. The van der Waals surface area contributed by atoms with Crippen molar-refractivity contribution in [3.05, 3.63) is 18.0 Å². The van der Waals surface area contributed by atoms with Crippen LogP contribution in [-0.2, 0) is 16.6 Å². The smallest absolute Gasteiger partial charge is 0.269 e. The van der Waals surface area contributed by atoms with Crippen LogP contribution in [0.3, 0.4) is 0 Å². The van der Waals surface area contributed by atoms with E-state index in [0.717, 1.165) is 45.7 Å². The minimum atomic E-state index is -0.210. The minimum absolute atomic E-state index is 0.0207. The van der Waals surface area contributed by atoms with Crippen molar-refractivity contribution in [1.82, 2.24) is 25.3 Å². The molecule has 2 aliphatic rings. The van der Waals surface area contributed by atoms with E-state index in [4.69, 9.17) is 4.74 Å². The Kier molecular flexibility index (Phi) is 6.84. The highest BCUT2D eigenvalue weighted by molar-refractivity contribution is 5.92. The molecule has 1 aromatic heterocycles. The maximum atomic E-state index is 12.3. The largest absolute Gasteiger partial charge is 0.381 e. The summed E-state index contributed by atoms with van der Waals surface area (Å²) in [6.07, 6.45) is 6.38. The molecular formula is C19H31N5O3. The Balaban J connectivity index is 1.42. The summed E-state index contributed by atoms with van der Waals surface area (Å²) in [6.45, 7) is 5.90. The van der Waals surface area contributed by atoms with E-state index in [1.165, 1.54) is 17.5 Å². The molecule has 2 N–H and O–H groups in total. The molecule has 0 unspecified atom stereocenters. The highest BCUT2D eigenvalue weighted by Gasteiger charge is 2.35. The topological polar surface area (TPSA) is 88.5 Å². The van der Waals surface area contributed by atoms with Gasteiger partial charge in [0, 0.05) is 57.9 Å². The normalized spacial score (nSPS) is 19.7. The van der Waals surface area contributed by atoms with E-state index in [1.807, 2.05) is 0 Å². The van der Waals surface area contributed by atoms with Crippen LogP contribution in [0.15, 0.2) is 12.3 Å². The Labute approximate surface area is 160 Å². The summed E-state index contributed by atoms with van der Waals surface area (Å²) in [4.78, 5) is 26.8. The van der Waals surface area contributed by atoms with Gasteiger partial charge in [0.25, 0.3) is 5.91 Å². The number of amides is 2. The first kappa shape index (κ1) is 19.8. The first-order valence-electron chi connectivity index (χ1n) is 9.91. The second-order valence-electron chi connectivity index (χ2n) is 7.72. The number of nitrogens with zero attached hydrogens (tertiary/aromatic N) is 3. The van der Waals surface area contributed by atoms with E-state index in [9.17, 15) is 9.59 Å². The van der Waals surface area contributed by atoms with Gasteiger partial charge in [-0.05, 0) is 44.8 Å². The zero-order valence-electron chi connectivity index (χ0n) is 16.2. The van der Waals surface area contributed by atoms with Crippen LogP contribution in [0.4, 0.5) is 0 Å². The van der Waals surface area contributed by atoms with Gasteiger partial charge in [-0.2, -0.15) is 5.10 Å². The zero-order valence-corrected chi connectivity index (χ0v) is 16.2. The number of aromatic nitrogens is 2. The van der Waals surface area contributed by atoms with E-state index < -0.39 is 0 Å². The lowest BCUT2D eigenvalue weighted by molar-refractivity contribution is -0.122.